The topological polar surface area (TPSA) is 57.5 Å². The number of carbonyl (C=O) groups excluding carboxylic acids is 1. The van der Waals surface area contributed by atoms with Gasteiger partial charge in [-0.15, -0.1) is 0 Å². The molecule has 1 aliphatic rings. The maximum atomic E-state index is 13.7. The van der Waals surface area contributed by atoms with E-state index >= 15 is 0 Å². The van der Waals surface area contributed by atoms with Gasteiger partial charge in [0.2, 0.25) is 0 Å². The lowest BCUT2D eigenvalue weighted by Gasteiger charge is -2.34. The summed E-state index contributed by atoms with van der Waals surface area (Å²) in [7, 11) is 0. The van der Waals surface area contributed by atoms with Crippen LogP contribution in [0.25, 0.3) is 0 Å². The minimum Gasteiger partial charge on any atom is -0.467 e. The molecular formula is C18H20FN3O2S. The Labute approximate surface area is 151 Å². The molecule has 2 aromatic rings. The second-order valence-corrected chi connectivity index (χ2v) is 6.34. The average Bonchev–Trinajstić information content (AvgIpc) is 3.14. The number of carbonyl (C=O) groups is 1. The molecule has 0 saturated carbocycles. The number of hydrogen-bond donors (Lipinski definition) is 2. The molecule has 1 aliphatic heterocycles. The van der Waals surface area contributed by atoms with E-state index < -0.39 is 5.82 Å². The van der Waals surface area contributed by atoms with E-state index in [1.54, 1.807) is 18.4 Å². The van der Waals surface area contributed by atoms with E-state index in [-0.39, 0.29) is 17.5 Å². The van der Waals surface area contributed by atoms with Gasteiger partial charge in [0.15, 0.2) is 5.11 Å². The smallest absolute Gasteiger partial charge is 0.254 e. The van der Waals surface area contributed by atoms with Crippen molar-refractivity contribution in [3.05, 3.63) is 59.8 Å². The molecule has 2 heterocycles. The van der Waals surface area contributed by atoms with Crippen LogP contribution in [0.5, 0.6) is 0 Å². The van der Waals surface area contributed by atoms with Crippen LogP contribution in [-0.2, 0) is 6.54 Å². The molecule has 0 radical (unpaired) electrons. The molecule has 0 spiro atoms. The Morgan fingerprint density at radius 2 is 2.00 bits per heavy atom. The SMILES string of the molecule is O=C(NC1CCN(C(=S)NCc2ccco2)CC1)c1ccccc1F. The van der Waals surface area contributed by atoms with E-state index in [2.05, 4.69) is 15.5 Å². The van der Waals surface area contributed by atoms with Crippen LogP contribution in [0, 0.1) is 5.82 Å². The number of hydrogen-bond acceptors (Lipinski definition) is 3. The zero-order valence-electron chi connectivity index (χ0n) is 13.7. The molecular weight excluding hydrogens is 341 g/mol. The molecule has 5 nitrogen and oxygen atoms in total. The Bertz CT molecular complexity index is 728. The van der Waals surface area contributed by atoms with Crippen LogP contribution in [0.3, 0.4) is 0 Å². The van der Waals surface area contributed by atoms with Gasteiger partial charge in [0, 0.05) is 19.1 Å². The van der Waals surface area contributed by atoms with E-state index in [1.165, 1.54) is 12.1 Å². The van der Waals surface area contributed by atoms with Crippen LogP contribution in [-0.4, -0.2) is 35.1 Å². The first-order chi connectivity index (χ1) is 12.1. The minimum atomic E-state index is -0.499. The highest BCUT2D eigenvalue weighted by atomic mass is 32.1. The van der Waals surface area contributed by atoms with Crippen LogP contribution in [0.4, 0.5) is 4.39 Å². The van der Waals surface area contributed by atoms with Crippen LogP contribution in [0.2, 0.25) is 0 Å². The number of nitrogens with zero attached hydrogens (tertiary/aromatic N) is 1. The van der Waals surface area contributed by atoms with Crippen molar-refractivity contribution in [3.63, 3.8) is 0 Å². The van der Waals surface area contributed by atoms with Gasteiger partial charge in [-0.05, 0) is 49.3 Å². The van der Waals surface area contributed by atoms with Crippen LogP contribution < -0.4 is 10.6 Å². The number of furan rings is 1. The fourth-order valence-corrected chi connectivity index (χ4v) is 3.08. The van der Waals surface area contributed by atoms with Gasteiger partial charge in [0.25, 0.3) is 5.91 Å². The first kappa shape index (κ1) is 17.4. The van der Waals surface area contributed by atoms with Crippen molar-refractivity contribution in [3.8, 4) is 0 Å². The number of rotatable bonds is 4. The van der Waals surface area contributed by atoms with Crippen molar-refractivity contribution < 1.29 is 13.6 Å². The zero-order chi connectivity index (χ0) is 17.6. The highest BCUT2D eigenvalue weighted by Gasteiger charge is 2.23. The van der Waals surface area contributed by atoms with E-state index in [9.17, 15) is 9.18 Å². The highest BCUT2D eigenvalue weighted by Crippen LogP contribution is 2.13. The fourth-order valence-electron chi connectivity index (χ4n) is 2.82. The highest BCUT2D eigenvalue weighted by molar-refractivity contribution is 7.80. The van der Waals surface area contributed by atoms with Crippen molar-refractivity contribution >= 4 is 23.2 Å². The third kappa shape index (κ3) is 4.57. The van der Waals surface area contributed by atoms with Gasteiger partial charge < -0.3 is 20.0 Å². The van der Waals surface area contributed by atoms with Crippen molar-refractivity contribution in [2.45, 2.75) is 25.4 Å². The van der Waals surface area contributed by atoms with Gasteiger partial charge in [-0.25, -0.2) is 4.39 Å². The van der Waals surface area contributed by atoms with Crippen molar-refractivity contribution in [2.75, 3.05) is 13.1 Å². The Morgan fingerprint density at radius 3 is 2.68 bits per heavy atom. The van der Waals surface area contributed by atoms with Gasteiger partial charge in [-0.2, -0.15) is 0 Å². The number of piperidine rings is 1. The number of benzene rings is 1. The number of thiocarbonyl (C=S) groups is 1. The summed E-state index contributed by atoms with van der Waals surface area (Å²) < 4.78 is 18.9. The van der Waals surface area contributed by atoms with Crippen molar-refractivity contribution in [1.82, 2.24) is 15.5 Å². The minimum absolute atomic E-state index is 0.0243. The fraction of sp³-hybridized carbons (Fsp3) is 0.333. The summed E-state index contributed by atoms with van der Waals surface area (Å²) in [6, 6.07) is 9.76. The van der Waals surface area contributed by atoms with Crippen molar-refractivity contribution in [1.29, 1.82) is 0 Å². The summed E-state index contributed by atoms with van der Waals surface area (Å²) >= 11 is 5.40. The number of nitrogens with one attached hydrogen (secondary N) is 2. The molecule has 1 aromatic heterocycles. The van der Waals surface area contributed by atoms with Gasteiger partial charge in [0.05, 0.1) is 18.4 Å². The average molecular weight is 361 g/mol. The quantitative estimate of drug-likeness (QED) is 0.820. The Hall–Kier alpha value is -2.41. The van der Waals surface area contributed by atoms with Gasteiger partial charge in [0.1, 0.15) is 11.6 Å². The first-order valence-electron chi connectivity index (χ1n) is 8.24. The van der Waals surface area contributed by atoms with E-state index in [4.69, 9.17) is 16.6 Å². The lowest BCUT2D eigenvalue weighted by molar-refractivity contribution is 0.0918. The molecule has 0 atom stereocenters. The molecule has 1 amide bonds. The molecule has 25 heavy (non-hydrogen) atoms. The summed E-state index contributed by atoms with van der Waals surface area (Å²) in [6.07, 6.45) is 3.16. The van der Waals surface area contributed by atoms with E-state index in [0.29, 0.717) is 11.7 Å². The predicted octanol–water partition coefficient (Wildman–Crippen LogP) is 2.69. The first-order valence-corrected chi connectivity index (χ1v) is 8.65. The molecule has 132 valence electrons. The molecule has 2 N–H and O–H groups in total. The van der Waals surface area contributed by atoms with Crippen molar-refractivity contribution in [2.24, 2.45) is 0 Å². The van der Waals surface area contributed by atoms with Gasteiger partial charge in [-0.1, -0.05) is 12.1 Å². The number of amides is 1. The van der Waals surface area contributed by atoms with Gasteiger partial charge in [-0.3, -0.25) is 4.79 Å². The van der Waals surface area contributed by atoms with Crippen LogP contribution >= 0.6 is 12.2 Å². The normalized spacial score (nSPS) is 15.0. The molecule has 1 aromatic carbocycles. The molecule has 1 fully saturated rings. The maximum Gasteiger partial charge on any atom is 0.254 e. The summed E-state index contributed by atoms with van der Waals surface area (Å²) in [5.74, 6) is -0.0369. The molecule has 0 unspecified atom stereocenters. The standard InChI is InChI=1S/C18H20FN3O2S/c19-16-6-2-1-5-15(16)17(23)21-13-7-9-22(10-8-13)18(25)20-12-14-4-3-11-24-14/h1-6,11,13H,7-10,12H2,(H,20,25)(H,21,23). The molecule has 0 aliphatic carbocycles. The number of likely N-dealkylation sites (tertiary alicyclic amines) is 1. The zero-order valence-corrected chi connectivity index (χ0v) is 14.5. The third-order valence-corrected chi connectivity index (χ3v) is 4.63. The maximum absolute atomic E-state index is 13.7. The molecule has 0 bridgehead atoms. The predicted molar refractivity (Wildman–Crippen MR) is 96.6 cm³/mol. The van der Waals surface area contributed by atoms with Crippen LogP contribution in [0.15, 0.2) is 47.1 Å². The lowest BCUT2D eigenvalue weighted by atomic mass is 10.0. The molecule has 7 heteroatoms. The second-order valence-electron chi connectivity index (χ2n) is 5.95. The second kappa shape index (κ2) is 8.11. The summed E-state index contributed by atoms with van der Waals surface area (Å²) in [6.45, 7) is 2.04. The number of halogens is 1. The Kier molecular flexibility index (Phi) is 5.65. The Morgan fingerprint density at radius 1 is 1.24 bits per heavy atom. The lowest BCUT2D eigenvalue weighted by Crippen LogP contribution is -2.49. The summed E-state index contributed by atoms with van der Waals surface area (Å²) in [5.41, 5.74) is 0.0839. The molecule has 3 rings (SSSR count). The van der Waals surface area contributed by atoms with E-state index in [1.807, 2.05) is 12.1 Å². The Balaban J connectivity index is 1.44. The van der Waals surface area contributed by atoms with Crippen LogP contribution in [0.1, 0.15) is 29.0 Å². The molecule has 1 saturated heterocycles. The largest absolute Gasteiger partial charge is 0.467 e. The van der Waals surface area contributed by atoms with Gasteiger partial charge >= 0.3 is 0 Å². The monoisotopic (exact) mass is 361 g/mol. The summed E-state index contributed by atoms with van der Waals surface area (Å²) in [5, 5.41) is 6.75. The van der Waals surface area contributed by atoms with E-state index in [0.717, 1.165) is 31.7 Å². The third-order valence-electron chi connectivity index (χ3n) is 4.23. The summed E-state index contributed by atoms with van der Waals surface area (Å²) in [4.78, 5) is 14.2.